The number of carbonyl (C=O) groups excluding carboxylic acids is 4. The second kappa shape index (κ2) is 14.6. The zero-order valence-electron chi connectivity index (χ0n) is 27.5. The van der Waals surface area contributed by atoms with Crippen LogP contribution in [-0.2, 0) is 14.3 Å². The van der Waals surface area contributed by atoms with Crippen LogP contribution in [0.3, 0.4) is 0 Å². The Kier molecular flexibility index (Phi) is 9.88. The number of methoxy groups -OCH3 is 1. The molecule has 2 heterocycles. The molecule has 0 spiro atoms. The molecule has 0 bridgehead atoms. The lowest BCUT2D eigenvalue weighted by Gasteiger charge is -2.17. The number of aryl methyl sites for hydroxylation is 2. The molecule has 0 radical (unpaired) electrons. The molecule has 1 saturated heterocycles. The molecule has 6 rings (SSSR count). The predicted octanol–water partition coefficient (Wildman–Crippen LogP) is 7.38. The molecule has 1 aromatic heterocycles. The Balaban J connectivity index is 1.22. The maximum absolute atomic E-state index is 13.7. The summed E-state index contributed by atoms with van der Waals surface area (Å²) in [4.78, 5) is 57.9. The van der Waals surface area contributed by atoms with Crippen molar-refractivity contribution in [2.75, 3.05) is 18.6 Å². The molecule has 0 saturated carbocycles. The van der Waals surface area contributed by atoms with Crippen LogP contribution in [-0.4, -0.2) is 47.5 Å². The average Bonchev–Trinajstić information content (AvgIpc) is 3.42. The van der Waals surface area contributed by atoms with Crippen molar-refractivity contribution in [2.24, 2.45) is 0 Å². The van der Waals surface area contributed by atoms with Gasteiger partial charge in [0.05, 0.1) is 34.9 Å². The number of aromatic nitrogens is 1. The summed E-state index contributed by atoms with van der Waals surface area (Å²) in [5.74, 6) is -1.24. The fourth-order valence-corrected chi connectivity index (χ4v) is 6.60. The topological polar surface area (TPSA) is 127 Å². The van der Waals surface area contributed by atoms with Crippen molar-refractivity contribution in [3.05, 3.63) is 131 Å². The van der Waals surface area contributed by atoms with Crippen LogP contribution >= 0.6 is 11.8 Å². The van der Waals surface area contributed by atoms with Crippen molar-refractivity contribution in [3.8, 4) is 34.2 Å². The number of anilines is 1. The summed E-state index contributed by atoms with van der Waals surface area (Å²) in [5.41, 5.74) is 6.14. The number of benzene rings is 4. The highest BCUT2D eigenvalue weighted by molar-refractivity contribution is 8.00. The van der Waals surface area contributed by atoms with Gasteiger partial charge in [-0.25, -0.2) is 14.7 Å². The Labute approximate surface area is 293 Å². The fourth-order valence-electron chi connectivity index (χ4n) is 5.47. The van der Waals surface area contributed by atoms with E-state index in [4.69, 9.17) is 14.5 Å². The SMILES string of the molecule is COc1ccc(-c2cc(-c3ccc(C)cc3)c(C#N)c(SC3CC(=O)N(c4ccc(C(=O)OCC(=O)c5ccc(C)cc5)cc4)C3=O)n2)cc1. The fraction of sp³-hybridized carbons (Fsp3) is 0.150. The molecule has 10 heteroatoms. The van der Waals surface area contributed by atoms with Crippen molar-refractivity contribution < 1.29 is 28.7 Å². The molecular formula is C40H31N3O6S. The number of ketones is 1. The van der Waals surface area contributed by atoms with E-state index in [-0.39, 0.29) is 23.5 Å². The summed E-state index contributed by atoms with van der Waals surface area (Å²) < 4.78 is 10.5. The van der Waals surface area contributed by atoms with E-state index < -0.39 is 29.6 Å². The summed E-state index contributed by atoms with van der Waals surface area (Å²) in [5, 5.41) is 9.83. The molecule has 1 fully saturated rings. The minimum Gasteiger partial charge on any atom is -0.497 e. The predicted molar refractivity (Wildman–Crippen MR) is 190 cm³/mol. The monoisotopic (exact) mass is 681 g/mol. The lowest BCUT2D eigenvalue weighted by Crippen LogP contribution is -2.31. The number of esters is 1. The maximum Gasteiger partial charge on any atom is 0.338 e. The molecule has 50 heavy (non-hydrogen) atoms. The van der Waals surface area contributed by atoms with E-state index >= 15 is 0 Å². The zero-order valence-corrected chi connectivity index (χ0v) is 28.3. The highest BCUT2D eigenvalue weighted by Crippen LogP contribution is 2.39. The van der Waals surface area contributed by atoms with Gasteiger partial charge in [0, 0.05) is 23.1 Å². The smallest absolute Gasteiger partial charge is 0.338 e. The van der Waals surface area contributed by atoms with Gasteiger partial charge in [-0.3, -0.25) is 14.4 Å². The number of Topliss-reactive ketones (excluding diaryl/α,β-unsaturated/α-hetero) is 1. The molecule has 248 valence electrons. The first-order chi connectivity index (χ1) is 24.1. The normalized spacial score (nSPS) is 14.0. The first-order valence-electron chi connectivity index (χ1n) is 15.7. The molecule has 5 aromatic rings. The van der Waals surface area contributed by atoms with Gasteiger partial charge in [0.25, 0.3) is 0 Å². The number of nitrogens with zero attached hydrogens (tertiary/aromatic N) is 3. The van der Waals surface area contributed by atoms with E-state index in [9.17, 15) is 24.4 Å². The van der Waals surface area contributed by atoms with Gasteiger partial charge in [-0.15, -0.1) is 0 Å². The Morgan fingerprint density at radius 2 is 1.46 bits per heavy atom. The van der Waals surface area contributed by atoms with Gasteiger partial charge in [-0.1, -0.05) is 71.4 Å². The van der Waals surface area contributed by atoms with E-state index in [0.29, 0.717) is 33.2 Å². The molecule has 4 aromatic carbocycles. The number of imide groups is 1. The highest BCUT2D eigenvalue weighted by atomic mass is 32.2. The Hall–Kier alpha value is -6.05. The third-order valence-electron chi connectivity index (χ3n) is 8.27. The molecule has 1 unspecified atom stereocenters. The lowest BCUT2D eigenvalue weighted by atomic mass is 9.98. The van der Waals surface area contributed by atoms with Gasteiger partial charge in [0.15, 0.2) is 12.4 Å². The average molecular weight is 682 g/mol. The second-order valence-electron chi connectivity index (χ2n) is 11.7. The van der Waals surface area contributed by atoms with Crippen LogP contribution in [0.1, 0.15) is 43.8 Å². The Morgan fingerprint density at radius 3 is 2.08 bits per heavy atom. The van der Waals surface area contributed by atoms with Crippen LogP contribution in [0.2, 0.25) is 0 Å². The summed E-state index contributed by atoms with van der Waals surface area (Å²) >= 11 is 1.08. The number of thioether (sulfide) groups is 1. The largest absolute Gasteiger partial charge is 0.497 e. The van der Waals surface area contributed by atoms with Gasteiger partial charge < -0.3 is 9.47 Å². The van der Waals surface area contributed by atoms with E-state index in [1.807, 2.05) is 68.4 Å². The number of rotatable bonds is 10. The summed E-state index contributed by atoms with van der Waals surface area (Å²) in [6.07, 6.45) is -0.104. The summed E-state index contributed by atoms with van der Waals surface area (Å²) in [6.45, 7) is 3.47. The van der Waals surface area contributed by atoms with Crippen LogP contribution in [0.5, 0.6) is 5.75 Å². The standard InChI is InChI=1S/C40H31N3O6S/c1-24-4-8-26(9-5-24)32-20-34(27-14-18-31(48-3)19-15-27)42-38(33(32)22-41)50-36-21-37(45)43(39(36)46)30-16-12-29(13-17-30)40(47)49-23-35(44)28-10-6-25(2)7-11-28/h4-20,36H,21,23H2,1-3H3. The maximum atomic E-state index is 13.7. The first-order valence-corrected chi connectivity index (χ1v) is 16.6. The van der Waals surface area contributed by atoms with Crippen LogP contribution in [0.25, 0.3) is 22.4 Å². The minimum absolute atomic E-state index is 0.104. The quantitative estimate of drug-likeness (QED) is 0.0843. The zero-order chi connectivity index (χ0) is 35.4. The Morgan fingerprint density at radius 1 is 0.860 bits per heavy atom. The van der Waals surface area contributed by atoms with E-state index in [0.717, 1.165) is 38.9 Å². The van der Waals surface area contributed by atoms with Crippen molar-refractivity contribution in [1.82, 2.24) is 4.98 Å². The first kappa shape index (κ1) is 33.8. The van der Waals surface area contributed by atoms with Gasteiger partial charge in [0.2, 0.25) is 11.8 Å². The number of ether oxygens (including phenoxy) is 2. The lowest BCUT2D eigenvalue weighted by molar-refractivity contribution is -0.121. The van der Waals surface area contributed by atoms with Crippen LogP contribution < -0.4 is 9.64 Å². The number of amides is 2. The summed E-state index contributed by atoms with van der Waals surface area (Å²) in [7, 11) is 1.59. The van der Waals surface area contributed by atoms with Gasteiger partial charge in [-0.05, 0) is 74.0 Å². The summed E-state index contributed by atoms with van der Waals surface area (Å²) in [6, 6.07) is 32.1. The number of nitriles is 1. The number of pyridine rings is 1. The van der Waals surface area contributed by atoms with Crippen molar-refractivity contribution in [1.29, 1.82) is 5.26 Å². The Bertz CT molecular complexity index is 2140. The highest BCUT2D eigenvalue weighted by Gasteiger charge is 2.41. The molecular weight excluding hydrogens is 651 g/mol. The molecule has 0 N–H and O–H groups in total. The van der Waals surface area contributed by atoms with Crippen LogP contribution in [0.4, 0.5) is 5.69 Å². The van der Waals surface area contributed by atoms with Gasteiger partial charge in [0.1, 0.15) is 16.8 Å². The van der Waals surface area contributed by atoms with Gasteiger partial charge >= 0.3 is 5.97 Å². The minimum atomic E-state index is -0.837. The van der Waals surface area contributed by atoms with Crippen LogP contribution in [0.15, 0.2) is 108 Å². The van der Waals surface area contributed by atoms with E-state index in [2.05, 4.69) is 6.07 Å². The number of hydrogen-bond donors (Lipinski definition) is 0. The molecule has 1 aliphatic rings. The number of carbonyl (C=O) groups is 4. The molecule has 1 atom stereocenters. The van der Waals surface area contributed by atoms with E-state index in [1.54, 1.807) is 31.4 Å². The van der Waals surface area contributed by atoms with Crippen molar-refractivity contribution in [2.45, 2.75) is 30.5 Å². The molecule has 9 nitrogen and oxygen atoms in total. The van der Waals surface area contributed by atoms with Gasteiger partial charge in [-0.2, -0.15) is 5.26 Å². The van der Waals surface area contributed by atoms with Crippen molar-refractivity contribution in [3.63, 3.8) is 0 Å². The molecule has 0 aliphatic carbocycles. The third kappa shape index (κ3) is 7.18. The number of hydrogen-bond acceptors (Lipinski definition) is 9. The van der Waals surface area contributed by atoms with E-state index in [1.165, 1.54) is 24.3 Å². The van der Waals surface area contributed by atoms with Crippen molar-refractivity contribution >= 4 is 41.0 Å². The van der Waals surface area contributed by atoms with Crippen LogP contribution in [0, 0.1) is 25.2 Å². The second-order valence-corrected chi connectivity index (χ2v) is 12.9. The molecule has 2 amide bonds. The third-order valence-corrected chi connectivity index (χ3v) is 9.45. The molecule has 1 aliphatic heterocycles.